The van der Waals surface area contributed by atoms with Gasteiger partial charge in [0.05, 0.1) is 6.54 Å². The summed E-state index contributed by atoms with van der Waals surface area (Å²) < 4.78 is 9.70. The van der Waals surface area contributed by atoms with Gasteiger partial charge in [-0.3, -0.25) is 0 Å². The topological polar surface area (TPSA) is 108 Å². The summed E-state index contributed by atoms with van der Waals surface area (Å²) in [7, 11) is 1.55. The number of aliphatic hydroxyl groups is 1. The van der Waals surface area contributed by atoms with Crippen molar-refractivity contribution < 1.29 is 29.5 Å². The van der Waals surface area contributed by atoms with Gasteiger partial charge in [0.2, 0.25) is 6.29 Å². The van der Waals surface area contributed by atoms with Crippen molar-refractivity contribution >= 4 is 6.16 Å². The van der Waals surface area contributed by atoms with Gasteiger partial charge >= 0.3 is 6.16 Å². The van der Waals surface area contributed by atoms with E-state index >= 15 is 0 Å². The molecule has 9 heteroatoms. The summed E-state index contributed by atoms with van der Waals surface area (Å²) in [5.41, 5.74) is 1.47. The van der Waals surface area contributed by atoms with E-state index in [4.69, 9.17) is 19.4 Å². The number of ether oxygens (including phenoxy) is 2. The van der Waals surface area contributed by atoms with E-state index in [9.17, 15) is 10.0 Å². The van der Waals surface area contributed by atoms with Crippen LogP contribution in [0, 0.1) is 5.21 Å². The molecule has 3 N–H and O–H groups in total. The number of hydrogen-bond donors (Lipinski definition) is 3. The van der Waals surface area contributed by atoms with Crippen molar-refractivity contribution in [1.82, 2.24) is 10.6 Å². The first-order chi connectivity index (χ1) is 9.15. The lowest BCUT2D eigenvalue weighted by molar-refractivity contribution is -1.03. The van der Waals surface area contributed by atoms with Crippen LogP contribution in [-0.2, 0) is 14.3 Å². The van der Waals surface area contributed by atoms with Gasteiger partial charge < -0.3 is 19.8 Å². The van der Waals surface area contributed by atoms with Crippen LogP contribution >= 0.6 is 0 Å². The third-order valence-electron chi connectivity index (χ3n) is 1.96. The van der Waals surface area contributed by atoms with Crippen molar-refractivity contribution in [2.75, 3.05) is 20.2 Å². The van der Waals surface area contributed by atoms with Crippen molar-refractivity contribution in [3.8, 4) is 0 Å². The molecule has 2 unspecified atom stereocenters. The van der Waals surface area contributed by atoms with E-state index in [1.807, 2.05) is 0 Å². The van der Waals surface area contributed by atoms with Gasteiger partial charge in [0.1, 0.15) is 5.60 Å². The monoisotopic (exact) mass is 295 g/mol. The molecule has 0 fully saturated rings. The average Bonchev–Trinajstić information content (AvgIpc) is 2.30. The molecule has 0 aromatic rings. The highest BCUT2D eigenvalue weighted by atomic mass is 16.9. The fraction of sp³-hybridized carbons (Fsp3) is 0.909. The normalized spacial score (nSPS) is 15.0. The van der Waals surface area contributed by atoms with Crippen LogP contribution in [0.2, 0.25) is 0 Å². The maximum atomic E-state index is 11.5. The van der Waals surface area contributed by atoms with Gasteiger partial charge in [0.15, 0.2) is 0 Å². The van der Waals surface area contributed by atoms with Gasteiger partial charge in [-0.2, -0.15) is 5.28 Å². The summed E-state index contributed by atoms with van der Waals surface area (Å²) >= 11 is 0. The van der Waals surface area contributed by atoms with Gasteiger partial charge in [-0.1, -0.05) is 0 Å². The van der Waals surface area contributed by atoms with Crippen LogP contribution in [0.15, 0.2) is 0 Å². The first-order valence-electron chi connectivity index (χ1n) is 6.33. The average molecular weight is 295 g/mol. The third-order valence-corrected chi connectivity index (χ3v) is 1.96. The number of nitrogens with zero attached hydrogens (tertiary/aromatic N) is 1. The van der Waals surface area contributed by atoms with E-state index in [1.54, 1.807) is 27.8 Å². The van der Waals surface area contributed by atoms with E-state index in [0.717, 1.165) is 0 Å². The molecule has 0 rings (SSSR count). The summed E-state index contributed by atoms with van der Waals surface area (Å²) in [5, 5.41) is 21.0. The first kappa shape index (κ1) is 19.0. The Kier molecular flexibility index (Phi) is 8.62. The molecule has 0 aliphatic heterocycles. The number of quaternary nitrogens is 1. The molecule has 0 amide bonds. The van der Waals surface area contributed by atoms with Gasteiger partial charge in [-0.05, 0) is 32.8 Å². The summed E-state index contributed by atoms with van der Waals surface area (Å²) in [6.07, 6.45) is -1.40. The lowest BCUT2D eigenvalue weighted by Gasteiger charge is -2.29. The first-order valence-corrected chi connectivity index (χ1v) is 6.33. The smallest absolute Gasteiger partial charge is 0.511 e. The number of carbonyl (C=O) groups excluding carboxylic acids is 1. The van der Waals surface area contributed by atoms with Crippen LogP contribution in [0.5, 0.6) is 0 Å². The summed E-state index contributed by atoms with van der Waals surface area (Å²) in [4.78, 5) is 16.2. The number of carbonyl (C=O) groups is 1. The van der Waals surface area contributed by atoms with Gasteiger partial charge in [0.25, 0.3) is 0 Å². The minimum absolute atomic E-state index is 0.00334. The molecule has 0 spiro atoms. The molecule has 2 atom stereocenters. The van der Waals surface area contributed by atoms with E-state index < -0.39 is 23.3 Å². The standard InChI is InChI=1S/C11H25N3O6/c1-9(18-10(16)19-11(2,3)4)20-12-14(17)13(5)7-6-8-15/h9,12,14-15H,6-8H2,1-5H3. The zero-order chi connectivity index (χ0) is 15.8. The molecule has 0 saturated carbocycles. The predicted octanol–water partition coefficient (Wildman–Crippen LogP) is -0.668. The second-order valence-corrected chi connectivity index (χ2v) is 5.17. The predicted molar refractivity (Wildman–Crippen MR) is 69.7 cm³/mol. The quantitative estimate of drug-likeness (QED) is 0.307. The SMILES string of the molecule is CC(ON[NH+]([O-])N(C)CCCO)OC(=O)OC(C)(C)C. The van der Waals surface area contributed by atoms with Crippen LogP contribution in [0.3, 0.4) is 0 Å². The molecule has 0 heterocycles. The fourth-order valence-corrected chi connectivity index (χ4v) is 1.05. The van der Waals surface area contributed by atoms with Gasteiger partial charge in [-0.25, -0.2) is 9.63 Å². The van der Waals surface area contributed by atoms with Crippen molar-refractivity contribution in [2.24, 2.45) is 0 Å². The van der Waals surface area contributed by atoms with E-state index in [0.29, 0.717) is 13.0 Å². The highest BCUT2D eigenvalue weighted by Gasteiger charge is 2.20. The van der Waals surface area contributed by atoms with Crippen LogP contribution in [0.4, 0.5) is 4.79 Å². The Balaban J connectivity index is 3.92. The van der Waals surface area contributed by atoms with Crippen molar-refractivity contribution in [2.45, 2.75) is 46.0 Å². The zero-order valence-corrected chi connectivity index (χ0v) is 12.6. The molecule has 9 nitrogen and oxygen atoms in total. The molecule has 120 valence electrons. The van der Waals surface area contributed by atoms with Crippen LogP contribution in [0.1, 0.15) is 34.1 Å². The molecular formula is C11H25N3O6. The third kappa shape index (κ3) is 9.89. The Morgan fingerprint density at radius 3 is 2.60 bits per heavy atom. The zero-order valence-electron chi connectivity index (χ0n) is 12.6. The van der Waals surface area contributed by atoms with Gasteiger partial charge in [0, 0.05) is 20.6 Å². The van der Waals surface area contributed by atoms with Crippen molar-refractivity contribution in [3.05, 3.63) is 5.21 Å². The molecule has 0 aromatic heterocycles. The Bertz CT molecular complexity index is 284. The van der Waals surface area contributed by atoms with Gasteiger partial charge in [-0.15, -0.1) is 5.01 Å². The van der Waals surface area contributed by atoms with Crippen molar-refractivity contribution in [1.29, 1.82) is 0 Å². The highest BCUT2D eigenvalue weighted by molar-refractivity contribution is 5.60. The molecule has 0 saturated heterocycles. The van der Waals surface area contributed by atoms with Crippen LogP contribution < -0.4 is 10.9 Å². The second-order valence-electron chi connectivity index (χ2n) is 5.17. The van der Waals surface area contributed by atoms with E-state index in [2.05, 4.69) is 5.59 Å². The Hall–Kier alpha value is -0.970. The molecule has 0 aliphatic rings. The molecule has 0 aliphatic carbocycles. The number of nitrogens with one attached hydrogen (secondary N) is 2. The highest BCUT2D eigenvalue weighted by Crippen LogP contribution is 2.09. The van der Waals surface area contributed by atoms with Crippen LogP contribution in [0.25, 0.3) is 0 Å². The summed E-state index contributed by atoms with van der Waals surface area (Å²) in [5.74, 6) is 0. The molecule has 20 heavy (non-hydrogen) atoms. The number of aliphatic hydroxyl groups excluding tert-OH is 1. The molecule has 0 radical (unpaired) electrons. The molecule has 0 aromatic carbocycles. The maximum absolute atomic E-state index is 11.5. The van der Waals surface area contributed by atoms with Crippen molar-refractivity contribution in [3.63, 3.8) is 0 Å². The Morgan fingerprint density at radius 2 is 2.10 bits per heavy atom. The summed E-state index contributed by atoms with van der Waals surface area (Å²) in [6, 6.07) is 0. The lowest BCUT2D eigenvalue weighted by Crippen LogP contribution is -3.19. The largest absolute Gasteiger partial charge is 0.591 e. The Morgan fingerprint density at radius 1 is 1.50 bits per heavy atom. The summed E-state index contributed by atoms with van der Waals surface area (Å²) in [6.45, 7) is 6.94. The number of hydrogen-bond acceptors (Lipinski definition) is 8. The van der Waals surface area contributed by atoms with E-state index in [-0.39, 0.29) is 6.61 Å². The minimum Gasteiger partial charge on any atom is -0.591 e. The molecule has 0 bridgehead atoms. The fourth-order valence-electron chi connectivity index (χ4n) is 1.05. The lowest BCUT2D eigenvalue weighted by atomic mass is 10.2. The molecular weight excluding hydrogens is 270 g/mol. The van der Waals surface area contributed by atoms with E-state index in [1.165, 1.54) is 11.9 Å². The minimum atomic E-state index is -0.986. The second kappa shape index (κ2) is 9.06. The maximum Gasteiger partial charge on any atom is 0.511 e. The Labute approximate surface area is 118 Å². The number of rotatable bonds is 8. The van der Waals surface area contributed by atoms with Crippen LogP contribution in [-0.4, -0.2) is 48.4 Å².